The molecule has 3 aromatic carbocycles. The third-order valence-corrected chi connectivity index (χ3v) is 9.46. The molecule has 38 heavy (non-hydrogen) atoms. The Bertz CT molecular complexity index is 1600. The number of thiazole rings is 1. The van der Waals surface area contributed by atoms with E-state index in [1.807, 2.05) is 67.6 Å². The predicted molar refractivity (Wildman–Crippen MR) is 149 cm³/mol. The lowest BCUT2D eigenvalue weighted by Crippen LogP contribution is -2.33. The number of rotatable bonds is 5. The molecule has 0 aliphatic carbocycles. The number of carbonyl (C=O) groups excluding carboxylic acids is 3. The van der Waals surface area contributed by atoms with E-state index in [0.717, 1.165) is 22.5 Å². The molecule has 3 atom stereocenters. The average molecular weight is 542 g/mol. The number of aryl methyl sites for hydroxylation is 1. The molecule has 6 rings (SSSR count). The number of hydrogen-bond donors (Lipinski definition) is 1. The first-order chi connectivity index (χ1) is 18.4. The van der Waals surface area contributed by atoms with Crippen molar-refractivity contribution >= 4 is 52.2 Å². The first kappa shape index (κ1) is 24.4. The largest absolute Gasteiger partial charge is 0.325 e. The van der Waals surface area contributed by atoms with Gasteiger partial charge in [-0.1, -0.05) is 89.3 Å². The fourth-order valence-corrected chi connectivity index (χ4v) is 7.86. The van der Waals surface area contributed by atoms with Gasteiger partial charge in [-0.3, -0.25) is 23.7 Å². The zero-order chi connectivity index (χ0) is 26.4. The average Bonchev–Trinajstić information content (AvgIpc) is 3.37. The Kier molecular flexibility index (Phi) is 6.25. The van der Waals surface area contributed by atoms with Crippen molar-refractivity contribution in [1.29, 1.82) is 0 Å². The molecule has 2 aliphatic heterocycles. The van der Waals surface area contributed by atoms with Crippen LogP contribution < -0.4 is 15.1 Å². The first-order valence-electron chi connectivity index (χ1n) is 12.2. The highest BCUT2D eigenvalue weighted by Crippen LogP contribution is 2.53. The molecule has 1 saturated heterocycles. The molecule has 9 heteroatoms. The molecule has 190 valence electrons. The maximum Gasteiger partial charge on any atom is 0.308 e. The van der Waals surface area contributed by atoms with Crippen molar-refractivity contribution in [1.82, 2.24) is 4.57 Å². The normalized spacial score (nSPS) is 20.2. The van der Waals surface area contributed by atoms with Gasteiger partial charge in [-0.05, 0) is 36.8 Å². The standard InChI is InChI=1S/C29H23N3O4S2/c1-17-12-14-19(15-13-17)30-21(33)16-31-28-25(38-29(31)36)22(18-8-4-2-5-9-18)23-24(37-28)27(35)32(26(23)34)20-10-6-3-7-11-20/h2-15,22-24H,16H2,1H3,(H,30,33). The van der Waals surface area contributed by atoms with Crippen molar-refractivity contribution in [3.8, 4) is 0 Å². The van der Waals surface area contributed by atoms with Crippen LogP contribution in [0.4, 0.5) is 11.4 Å². The van der Waals surface area contributed by atoms with Crippen LogP contribution in [-0.4, -0.2) is 27.5 Å². The van der Waals surface area contributed by atoms with E-state index in [1.165, 1.54) is 21.2 Å². The van der Waals surface area contributed by atoms with E-state index in [9.17, 15) is 19.2 Å². The van der Waals surface area contributed by atoms with Crippen LogP contribution in [0.1, 0.15) is 21.9 Å². The number of fused-ring (bicyclic) bond motifs is 2. The molecule has 3 amide bonds. The number of anilines is 2. The van der Waals surface area contributed by atoms with Crippen LogP contribution in [0.15, 0.2) is 94.7 Å². The number of benzene rings is 3. The van der Waals surface area contributed by atoms with Crippen molar-refractivity contribution in [2.45, 2.75) is 29.7 Å². The number of imide groups is 1. The summed E-state index contributed by atoms with van der Waals surface area (Å²) in [7, 11) is 0. The van der Waals surface area contributed by atoms with Gasteiger partial charge in [-0.25, -0.2) is 4.90 Å². The Morgan fingerprint density at radius 1 is 0.868 bits per heavy atom. The molecule has 1 aromatic heterocycles. The quantitative estimate of drug-likeness (QED) is 0.372. The molecule has 4 aromatic rings. The highest BCUT2D eigenvalue weighted by atomic mass is 32.2. The maximum absolute atomic E-state index is 13.8. The second kappa shape index (κ2) is 9.74. The van der Waals surface area contributed by atoms with Crippen LogP contribution in [0.3, 0.4) is 0 Å². The number of nitrogens with zero attached hydrogens (tertiary/aromatic N) is 2. The zero-order valence-corrected chi connectivity index (χ0v) is 22.0. The number of hydrogen-bond acceptors (Lipinski definition) is 6. The van der Waals surface area contributed by atoms with Gasteiger partial charge in [-0.2, -0.15) is 0 Å². The van der Waals surface area contributed by atoms with Gasteiger partial charge in [-0.15, -0.1) is 0 Å². The molecule has 1 N–H and O–H groups in total. The third-order valence-electron chi connectivity index (χ3n) is 6.86. The Morgan fingerprint density at radius 3 is 2.21 bits per heavy atom. The van der Waals surface area contributed by atoms with Gasteiger partial charge in [0.15, 0.2) is 0 Å². The summed E-state index contributed by atoms with van der Waals surface area (Å²) >= 11 is 2.26. The van der Waals surface area contributed by atoms with Crippen LogP contribution in [0, 0.1) is 12.8 Å². The molecule has 0 spiro atoms. The number of amides is 3. The Balaban J connectivity index is 1.40. The van der Waals surface area contributed by atoms with E-state index in [0.29, 0.717) is 21.3 Å². The van der Waals surface area contributed by atoms with E-state index < -0.39 is 17.1 Å². The Morgan fingerprint density at radius 2 is 1.53 bits per heavy atom. The minimum Gasteiger partial charge on any atom is -0.325 e. The summed E-state index contributed by atoms with van der Waals surface area (Å²) in [5, 5.41) is 2.71. The van der Waals surface area contributed by atoms with Crippen molar-refractivity contribution in [3.63, 3.8) is 0 Å². The van der Waals surface area contributed by atoms with E-state index in [-0.39, 0.29) is 29.1 Å². The SMILES string of the molecule is Cc1ccc(NC(=O)Cn2c3c(sc2=O)C(c2ccccc2)C2C(=O)N(c4ccccc4)C(=O)C2S3)cc1. The van der Waals surface area contributed by atoms with Crippen molar-refractivity contribution < 1.29 is 14.4 Å². The summed E-state index contributed by atoms with van der Waals surface area (Å²) in [4.78, 5) is 55.3. The molecule has 0 saturated carbocycles. The fraction of sp³-hybridized carbons (Fsp3) is 0.172. The second-order valence-corrected chi connectivity index (χ2v) is 11.5. The van der Waals surface area contributed by atoms with Crippen LogP contribution in [0.25, 0.3) is 0 Å². The van der Waals surface area contributed by atoms with Crippen LogP contribution in [0.5, 0.6) is 0 Å². The van der Waals surface area contributed by atoms with E-state index in [2.05, 4.69) is 5.32 Å². The van der Waals surface area contributed by atoms with Gasteiger partial charge < -0.3 is 5.32 Å². The molecule has 7 nitrogen and oxygen atoms in total. The Labute approximate surface area is 227 Å². The molecule has 0 radical (unpaired) electrons. The molecular weight excluding hydrogens is 518 g/mol. The summed E-state index contributed by atoms with van der Waals surface area (Å²) in [5.74, 6) is -2.05. The molecule has 2 aliphatic rings. The number of carbonyl (C=O) groups is 3. The van der Waals surface area contributed by atoms with E-state index >= 15 is 0 Å². The summed E-state index contributed by atoms with van der Waals surface area (Å²) in [6, 6.07) is 25.8. The molecule has 3 unspecified atom stereocenters. The highest BCUT2D eigenvalue weighted by Gasteiger charge is 2.56. The van der Waals surface area contributed by atoms with Gasteiger partial charge in [0.2, 0.25) is 17.7 Å². The van der Waals surface area contributed by atoms with Crippen molar-refractivity contribution in [2.75, 3.05) is 10.2 Å². The smallest absolute Gasteiger partial charge is 0.308 e. The van der Waals surface area contributed by atoms with Gasteiger partial charge in [0.05, 0.1) is 16.6 Å². The van der Waals surface area contributed by atoms with Gasteiger partial charge in [0.1, 0.15) is 11.8 Å². The van der Waals surface area contributed by atoms with E-state index in [1.54, 1.807) is 24.3 Å². The second-order valence-electron chi connectivity index (χ2n) is 9.34. The monoisotopic (exact) mass is 541 g/mol. The van der Waals surface area contributed by atoms with Crippen LogP contribution in [-0.2, 0) is 20.9 Å². The predicted octanol–water partition coefficient (Wildman–Crippen LogP) is 4.65. The minimum atomic E-state index is -0.708. The van der Waals surface area contributed by atoms with Crippen molar-refractivity contribution in [2.24, 2.45) is 5.92 Å². The summed E-state index contributed by atoms with van der Waals surface area (Å²) < 4.78 is 1.43. The van der Waals surface area contributed by atoms with Crippen LogP contribution in [0.2, 0.25) is 0 Å². The molecule has 1 fully saturated rings. The topological polar surface area (TPSA) is 88.5 Å². The minimum absolute atomic E-state index is 0.186. The van der Waals surface area contributed by atoms with E-state index in [4.69, 9.17) is 0 Å². The van der Waals surface area contributed by atoms with Crippen molar-refractivity contribution in [3.05, 3.63) is 111 Å². The van der Waals surface area contributed by atoms with Crippen LogP contribution >= 0.6 is 23.1 Å². The lowest BCUT2D eigenvalue weighted by Gasteiger charge is -2.30. The molecular formula is C29H23N3O4S2. The first-order valence-corrected chi connectivity index (χ1v) is 13.9. The lowest BCUT2D eigenvalue weighted by atomic mass is 9.83. The summed E-state index contributed by atoms with van der Waals surface area (Å²) in [6.07, 6.45) is 0. The third kappa shape index (κ3) is 4.17. The summed E-state index contributed by atoms with van der Waals surface area (Å²) in [5.41, 5.74) is 3.10. The fourth-order valence-electron chi connectivity index (χ4n) is 5.09. The van der Waals surface area contributed by atoms with Gasteiger partial charge in [0, 0.05) is 16.5 Å². The number of nitrogens with one attached hydrogen (secondary N) is 1. The highest BCUT2D eigenvalue weighted by molar-refractivity contribution is 8.00. The maximum atomic E-state index is 13.8. The zero-order valence-electron chi connectivity index (χ0n) is 20.4. The molecule has 3 heterocycles. The van der Waals surface area contributed by atoms with Gasteiger partial charge in [0.25, 0.3) is 0 Å². The number of thioether (sulfide) groups is 1. The molecule has 0 bridgehead atoms. The van der Waals surface area contributed by atoms with Gasteiger partial charge >= 0.3 is 4.87 Å². The summed E-state index contributed by atoms with van der Waals surface area (Å²) in [6.45, 7) is 1.78. The Hall–Kier alpha value is -3.95. The number of aromatic nitrogens is 1. The number of para-hydroxylation sites is 1. The lowest BCUT2D eigenvalue weighted by molar-refractivity contribution is -0.122.